The highest BCUT2D eigenvalue weighted by Gasteiger charge is 2.10. The minimum atomic E-state index is 0.259. The van der Waals surface area contributed by atoms with E-state index in [1.165, 1.54) is 21.9 Å². The molecule has 0 aliphatic carbocycles. The second kappa shape index (κ2) is 7.80. The molecule has 0 aromatic heterocycles. The van der Waals surface area contributed by atoms with E-state index < -0.39 is 0 Å². The number of fused-ring (bicyclic) bond motifs is 1. The first-order valence-corrected chi connectivity index (χ1v) is 8.26. The second-order valence-electron chi connectivity index (χ2n) is 5.91. The number of rotatable bonds is 7. The molecule has 1 atom stereocenters. The molecule has 0 aliphatic heterocycles. The minimum Gasteiger partial charge on any atom is -0.497 e. The van der Waals surface area contributed by atoms with Gasteiger partial charge in [0.25, 0.3) is 0 Å². The van der Waals surface area contributed by atoms with Gasteiger partial charge in [-0.2, -0.15) is 0 Å². The van der Waals surface area contributed by atoms with Gasteiger partial charge in [0.2, 0.25) is 0 Å². The Labute approximate surface area is 143 Å². The van der Waals surface area contributed by atoms with Gasteiger partial charge in [-0.05, 0) is 46.5 Å². The van der Waals surface area contributed by atoms with E-state index in [4.69, 9.17) is 4.74 Å². The monoisotopic (exact) mass is 317 g/mol. The molecule has 0 spiro atoms. The zero-order chi connectivity index (χ0) is 16.8. The molecule has 3 rings (SSSR count). The molecule has 0 aliphatic rings. The van der Waals surface area contributed by atoms with Crippen LogP contribution in [0.2, 0.25) is 0 Å². The fraction of sp³-hybridized carbons (Fsp3) is 0.182. The Balaban J connectivity index is 1.76. The van der Waals surface area contributed by atoms with Gasteiger partial charge in [0, 0.05) is 12.6 Å². The van der Waals surface area contributed by atoms with Gasteiger partial charge in [-0.1, -0.05) is 54.6 Å². The van der Waals surface area contributed by atoms with Crippen LogP contribution in [0, 0.1) is 0 Å². The van der Waals surface area contributed by atoms with Crippen LogP contribution in [-0.4, -0.2) is 7.11 Å². The van der Waals surface area contributed by atoms with Crippen LogP contribution in [0.25, 0.3) is 10.8 Å². The SMILES string of the molecule is C=CCC(NCc1ccc(OC)cc1)c1ccc2ccccc2c1. The highest BCUT2D eigenvalue weighted by atomic mass is 16.5. The maximum atomic E-state index is 5.21. The predicted molar refractivity (Wildman–Crippen MR) is 101 cm³/mol. The third kappa shape index (κ3) is 3.84. The van der Waals surface area contributed by atoms with Crippen molar-refractivity contribution in [1.82, 2.24) is 5.32 Å². The van der Waals surface area contributed by atoms with E-state index in [9.17, 15) is 0 Å². The molecular formula is C22H23NO. The van der Waals surface area contributed by atoms with Crippen LogP contribution in [0.3, 0.4) is 0 Å². The van der Waals surface area contributed by atoms with E-state index in [-0.39, 0.29) is 6.04 Å². The van der Waals surface area contributed by atoms with Crippen LogP contribution in [0.15, 0.2) is 79.4 Å². The van der Waals surface area contributed by atoms with E-state index in [1.807, 2.05) is 18.2 Å². The molecule has 24 heavy (non-hydrogen) atoms. The molecule has 2 heteroatoms. The number of benzene rings is 3. The molecule has 3 aromatic carbocycles. The summed E-state index contributed by atoms with van der Waals surface area (Å²) in [6.45, 7) is 4.72. The number of ether oxygens (including phenoxy) is 1. The summed E-state index contributed by atoms with van der Waals surface area (Å²) in [5.41, 5.74) is 2.53. The van der Waals surface area contributed by atoms with Crippen molar-refractivity contribution in [3.8, 4) is 5.75 Å². The van der Waals surface area contributed by atoms with E-state index in [0.29, 0.717) is 0 Å². The van der Waals surface area contributed by atoms with Gasteiger partial charge in [0.1, 0.15) is 5.75 Å². The standard InChI is InChI=1S/C22H23NO/c1-3-6-22(23-16-17-9-13-21(24-2)14-10-17)20-12-11-18-7-4-5-8-19(18)15-20/h3-5,7-15,22-23H,1,6,16H2,2H3. The van der Waals surface area contributed by atoms with Crippen molar-refractivity contribution >= 4 is 10.8 Å². The van der Waals surface area contributed by atoms with E-state index >= 15 is 0 Å². The highest BCUT2D eigenvalue weighted by molar-refractivity contribution is 5.83. The average molecular weight is 317 g/mol. The zero-order valence-corrected chi connectivity index (χ0v) is 14.0. The van der Waals surface area contributed by atoms with Crippen LogP contribution in [0.4, 0.5) is 0 Å². The summed E-state index contributed by atoms with van der Waals surface area (Å²) in [5.74, 6) is 0.885. The Morgan fingerprint density at radius 3 is 2.46 bits per heavy atom. The smallest absolute Gasteiger partial charge is 0.118 e. The maximum Gasteiger partial charge on any atom is 0.118 e. The van der Waals surface area contributed by atoms with Crippen molar-refractivity contribution in [2.75, 3.05) is 7.11 Å². The van der Waals surface area contributed by atoms with E-state index in [1.54, 1.807) is 7.11 Å². The molecular weight excluding hydrogens is 294 g/mol. The summed E-state index contributed by atoms with van der Waals surface area (Å²) >= 11 is 0. The Bertz CT molecular complexity index is 808. The first-order valence-electron chi connectivity index (χ1n) is 8.26. The van der Waals surface area contributed by atoms with Crippen LogP contribution in [0.1, 0.15) is 23.6 Å². The molecule has 1 N–H and O–H groups in total. The van der Waals surface area contributed by atoms with E-state index in [0.717, 1.165) is 18.7 Å². The lowest BCUT2D eigenvalue weighted by Gasteiger charge is -2.18. The van der Waals surface area contributed by atoms with Crippen molar-refractivity contribution in [3.63, 3.8) is 0 Å². The second-order valence-corrected chi connectivity index (χ2v) is 5.91. The van der Waals surface area contributed by atoms with Crippen molar-refractivity contribution in [3.05, 3.63) is 90.5 Å². The molecule has 0 radical (unpaired) electrons. The molecule has 2 nitrogen and oxygen atoms in total. The Kier molecular flexibility index (Phi) is 5.29. The summed E-state index contributed by atoms with van der Waals surface area (Å²) in [4.78, 5) is 0. The molecule has 0 saturated heterocycles. The zero-order valence-electron chi connectivity index (χ0n) is 14.0. The summed E-state index contributed by atoms with van der Waals surface area (Å²) in [6.07, 6.45) is 2.87. The highest BCUT2D eigenvalue weighted by Crippen LogP contribution is 2.23. The minimum absolute atomic E-state index is 0.259. The number of nitrogens with one attached hydrogen (secondary N) is 1. The number of hydrogen-bond donors (Lipinski definition) is 1. The molecule has 0 amide bonds. The maximum absolute atomic E-state index is 5.21. The lowest BCUT2D eigenvalue weighted by molar-refractivity contribution is 0.414. The van der Waals surface area contributed by atoms with Crippen LogP contribution < -0.4 is 10.1 Å². The Morgan fingerprint density at radius 1 is 1.00 bits per heavy atom. The summed E-state index contributed by atoms with van der Waals surface area (Å²) in [5, 5.41) is 6.19. The summed E-state index contributed by atoms with van der Waals surface area (Å²) in [7, 11) is 1.69. The third-order valence-electron chi connectivity index (χ3n) is 4.29. The van der Waals surface area contributed by atoms with Crippen molar-refractivity contribution < 1.29 is 4.74 Å². The largest absolute Gasteiger partial charge is 0.497 e. The Hall–Kier alpha value is -2.58. The first-order chi connectivity index (χ1) is 11.8. The van der Waals surface area contributed by atoms with Gasteiger partial charge in [0.15, 0.2) is 0 Å². The molecule has 3 aromatic rings. The fourth-order valence-electron chi connectivity index (χ4n) is 2.91. The number of methoxy groups -OCH3 is 1. The van der Waals surface area contributed by atoms with Crippen LogP contribution >= 0.6 is 0 Å². The van der Waals surface area contributed by atoms with Crippen LogP contribution in [-0.2, 0) is 6.54 Å². The van der Waals surface area contributed by atoms with Gasteiger partial charge in [0.05, 0.1) is 7.11 Å². The molecule has 0 fully saturated rings. The van der Waals surface area contributed by atoms with Crippen molar-refractivity contribution in [2.24, 2.45) is 0 Å². The summed E-state index contributed by atoms with van der Waals surface area (Å²) in [6, 6.07) is 23.6. The molecule has 0 bridgehead atoms. The quantitative estimate of drug-likeness (QED) is 0.600. The lowest BCUT2D eigenvalue weighted by atomic mass is 9.99. The van der Waals surface area contributed by atoms with Crippen molar-refractivity contribution in [1.29, 1.82) is 0 Å². The van der Waals surface area contributed by atoms with Gasteiger partial charge in [-0.25, -0.2) is 0 Å². The average Bonchev–Trinajstić information content (AvgIpc) is 2.65. The van der Waals surface area contributed by atoms with Crippen molar-refractivity contribution in [2.45, 2.75) is 19.0 Å². The molecule has 1 unspecified atom stereocenters. The van der Waals surface area contributed by atoms with Crippen LogP contribution in [0.5, 0.6) is 5.75 Å². The Morgan fingerprint density at radius 2 is 1.75 bits per heavy atom. The number of hydrogen-bond acceptors (Lipinski definition) is 2. The lowest BCUT2D eigenvalue weighted by Crippen LogP contribution is -2.20. The molecule has 0 saturated carbocycles. The van der Waals surface area contributed by atoms with Gasteiger partial charge in [-0.15, -0.1) is 6.58 Å². The predicted octanol–water partition coefficient (Wildman–Crippen LogP) is 5.26. The van der Waals surface area contributed by atoms with Gasteiger partial charge in [-0.3, -0.25) is 0 Å². The topological polar surface area (TPSA) is 21.3 Å². The van der Waals surface area contributed by atoms with Gasteiger partial charge >= 0.3 is 0 Å². The molecule has 0 heterocycles. The third-order valence-corrected chi connectivity index (χ3v) is 4.29. The van der Waals surface area contributed by atoms with Gasteiger partial charge < -0.3 is 10.1 Å². The first kappa shape index (κ1) is 16.3. The van der Waals surface area contributed by atoms with E-state index in [2.05, 4.69) is 66.5 Å². The molecule has 122 valence electrons. The fourth-order valence-corrected chi connectivity index (χ4v) is 2.91. The normalized spacial score (nSPS) is 12.0. The summed E-state index contributed by atoms with van der Waals surface area (Å²) < 4.78 is 5.21.